The van der Waals surface area contributed by atoms with Crippen molar-refractivity contribution in [3.8, 4) is 0 Å². The summed E-state index contributed by atoms with van der Waals surface area (Å²) in [6.07, 6.45) is -1.50. The molecule has 0 aliphatic carbocycles. The van der Waals surface area contributed by atoms with E-state index in [1.54, 1.807) is 23.2 Å². The Bertz CT molecular complexity index is 877. The Morgan fingerprint density at radius 3 is 2.46 bits per heavy atom. The molecule has 0 fully saturated rings. The summed E-state index contributed by atoms with van der Waals surface area (Å²) in [4.78, 5) is 49.2. The van der Waals surface area contributed by atoms with Crippen molar-refractivity contribution in [2.75, 3.05) is 11.4 Å². The first-order valence-corrected chi connectivity index (χ1v) is 6.67. The number of nitrogens with two attached hydrogens (primary N) is 1. The van der Waals surface area contributed by atoms with Gasteiger partial charge in [0.05, 0.1) is 12.7 Å². The van der Waals surface area contributed by atoms with Crippen molar-refractivity contribution in [3.63, 3.8) is 0 Å². The van der Waals surface area contributed by atoms with Crippen LogP contribution < -0.4 is 21.9 Å². The molecule has 0 aliphatic rings. The predicted octanol–water partition coefficient (Wildman–Crippen LogP) is -0.749. The van der Waals surface area contributed by atoms with Crippen LogP contribution in [0.3, 0.4) is 0 Å². The molecule has 1 aromatic carbocycles. The van der Waals surface area contributed by atoms with E-state index in [9.17, 15) is 28.7 Å². The average Bonchev–Trinajstić information content (AvgIpc) is 2.56. The number of nitrogens with one attached hydrogen (secondary N) is 1. The summed E-state index contributed by atoms with van der Waals surface area (Å²) in [6, 6.07) is 7.58. The number of aromatic amines is 1. The number of halogens is 1. The molecule has 24 heavy (non-hydrogen) atoms. The molecule has 126 valence electrons. The van der Waals surface area contributed by atoms with Gasteiger partial charge in [0.1, 0.15) is 0 Å². The highest BCUT2D eigenvalue weighted by atomic mass is 19.1. The van der Waals surface area contributed by atoms with Crippen LogP contribution in [-0.4, -0.2) is 33.1 Å². The smallest absolute Gasteiger partial charge is 0.348 e. The molecule has 4 N–H and O–H groups in total. The molecule has 0 saturated carbocycles. The molecule has 1 atom stereocenters. The normalized spacial score (nSPS) is 11.8. The number of H-pyrrole nitrogens is 1. The van der Waals surface area contributed by atoms with Gasteiger partial charge in [-0.05, 0) is 12.1 Å². The maximum Gasteiger partial charge on any atom is 0.348 e. The van der Waals surface area contributed by atoms with Gasteiger partial charge < -0.3 is 10.8 Å². The van der Waals surface area contributed by atoms with Gasteiger partial charge in [-0.15, -0.1) is 0 Å². The summed E-state index contributed by atoms with van der Waals surface area (Å²) in [5.41, 5.74) is 2.98. The maximum absolute atomic E-state index is 13.5. The number of carbonyl (C=O) groups excluding carboxylic acids is 1. The number of carbonyl (C=O) groups is 2. The molecule has 0 spiro atoms. The lowest BCUT2D eigenvalue weighted by atomic mass is 10.2. The second-order valence-corrected chi connectivity index (χ2v) is 4.66. The SMILES string of the molecule is NCC(=O)N(c1ccccc1)C(C(=O)O)n1cc(F)c(=O)[nH]c1=O. The molecular weight excluding hydrogens is 323 g/mol. The minimum absolute atomic E-state index is 0.138. The first-order chi connectivity index (χ1) is 11.4. The Labute approximate surface area is 133 Å². The zero-order chi connectivity index (χ0) is 17.9. The van der Waals surface area contributed by atoms with E-state index in [1.165, 1.54) is 12.1 Å². The van der Waals surface area contributed by atoms with E-state index >= 15 is 0 Å². The molecule has 1 unspecified atom stereocenters. The number of hydrogen-bond acceptors (Lipinski definition) is 5. The molecule has 1 aromatic heterocycles. The second-order valence-electron chi connectivity index (χ2n) is 4.66. The highest BCUT2D eigenvalue weighted by Crippen LogP contribution is 2.22. The van der Waals surface area contributed by atoms with Crippen LogP contribution in [0.1, 0.15) is 6.17 Å². The van der Waals surface area contributed by atoms with E-state index in [4.69, 9.17) is 5.73 Å². The molecule has 0 aliphatic heterocycles. The molecular formula is C14H13FN4O5. The number of anilines is 1. The Balaban J connectivity index is 2.69. The summed E-state index contributed by atoms with van der Waals surface area (Å²) < 4.78 is 13.9. The molecule has 1 amide bonds. The lowest BCUT2D eigenvalue weighted by molar-refractivity contribution is -0.142. The quantitative estimate of drug-likeness (QED) is 0.657. The van der Waals surface area contributed by atoms with Crippen molar-refractivity contribution in [1.82, 2.24) is 9.55 Å². The van der Waals surface area contributed by atoms with Crippen LogP contribution in [0.4, 0.5) is 10.1 Å². The number of benzene rings is 1. The van der Waals surface area contributed by atoms with Gasteiger partial charge in [0.2, 0.25) is 17.9 Å². The fourth-order valence-electron chi connectivity index (χ4n) is 2.10. The van der Waals surface area contributed by atoms with E-state index in [2.05, 4.69) is 0 Å². The molecule has 0 radical (unpaired) electrons. The van der Waals surface area contributed by atoms with Crippen molar-refractivity contribution in [2.24, 2.45) is 5.73 Å². The van der Waals surface area contributed by atoms with E-state index in [0.717, 1.165) is 4.90 Å². The summed E-state index contributed by atoms with van der Waals surface area (Å²) in [5, 5.41) is 9.48. The second kappa shape index (κ2) is 6.87. The van der Waals surface area contributed by atoms with Gasteiger partial charge in [-0.1, -0.05) is 18.2 Å². The van der Waals surface area contributed by atoms with Gasteiger partial charge in [0.25, 0.3) is 5.56 Å². The number of hydrogen-bond donors (Lipinski definition) is 3. The summed E-state index contributed by atoms with van der Waals surface area (Å²) in [6.45, 7) is -0.542. The zero-order valence-corrected chi connectivity index (χ0v) is 12.2. The number of nitrogens with zero attached hydrogens (tertiary/aromatic N) is 2. The minimum atomic E-state index is -1.93. The first-order valence-electron chi connectivity index (χ1n) is 6.67. The number of rotatable bonds is 5. The van der Waals surface area contributed by atoms with Gasteiger partial charge in [-0.2, -0.15) is 4.39 Å². The van der Waals surface area contributed by atoms with Crippen LogP contribution in [0.5, 0.6) is 0 Å². The third-order valence-corrected chi connectivity index (χ3v) is 3.13. The van der Waals surface area contributed by atoms with E-state index < -0.39 is 41.7 Å². The summed E-state index contributed by atoms with van der Waals surface area (Å²) in [7, 11) is 0. The lowest BCUT2D eigenvalue weighted by Gasteiger charge is -2.29. The highest BCUT2D eigenvalue weighted by Gasteiger charge is 2.33. The number of amides is 1. The highest BCUT2D eigenvalue weighted by molar-refractivity contribution is 5.99. The van der Waals surface area contributed by atoms with Crippen molar-refractivity contribution >= 4 is 17.6 Å². The largest absolute Gasteiger partial charge is 0.478 e. The van der Waals surface area contributed by atoms with Crippen LogP contribution in [0.2, 0.25) is 0 Å². The van der Waals surface area contributed by atoms with E-state index in [1.807, 2.05) is 0 Å². The van der Waals surface area contributed by atoms with E-state index in [-0.39, 0.29) is 5.69 Å². The Hall–Kier alpha value is -3.27. The number of aromatic nitrogens is 2. The standard InChI is InChI=1S/C14H13FN4O5/c15-9-7-18(14(24)17-11(9)21)12(13(22)23)19(10(20)6-16)8-4-2-1-3-5-8/h1-5,7,12H,6,16H2,(H,22,23)(H,17,21,24). The minimum Gasteiger partial charge on any atom is -0.478 e. The molecule has 10 heteroatoms. The average molecular weight is 336 g/mol. The monoisotopic (exact) mass is 336 g/mol. The number of carboxylic acids is 1. The summed E-state index contributed by atoms with van der Waals surface area (Å²) in [5.74, 6) is -3.80. The lowest BCUT2D eigenvalue weighted by Crippen LogP contribution is -2.49. The predicted molar refractivity (Wildman–Crippen MR) is 80.9 cm³/mol. The zero-order valence-electron chi connectivity index (χ0n) is 12.2. The summed E-state index contributed by atoms with van der Waals surface area (Å²) >= 11 is 0. The molecule has 9 nitrogen and oxygen atoms in total. The molecule has 0 saturated heterocycles. The molecule has 0 bridgehead atoms. The maximum atomic E-state index is 13.5. The Kier molecular flexibility index (Phi) is 4.90. The van der Waals surface area contributed by atoms with Crippen LogP contribution in [0, 0.1) is 5.82 Å². The number of para-hydroxylation sites is 1. The van der Waals surface area contributed by atoms with E-state index in [0.29, 0.717) is 10.8 Å². The molecule has 2 rings (SSSR count). The van der Waals surface area contributed by atoms with Crippen molar-refractivity contribution < 1.29 is 19.1 Å². The Morgan fingerprint density at radius 1 is 1.29 bits per heavy atom. The molecule has 1 heterocycles. The van der Waals surface area contributed by atoms with Crippen LogP contribution in [0.15, 0.2) is 46.1 Å². The third-order valence-electron chi connectivity index (χ3n) is 3.13. The van der Waals surface area contributed by atoms with Gasteiger partial charge in [0.15, 0.2) is 0 Å². The molecule has 2 aromatic rings. The number of aliphatic carboxylic acids is 1. The third kappa shape index (κ3) is 3.22. The topological polar surface area (TPSA) is 138 Å². The number of carboxylic acid groups (broad SMARTS) is 1. The van der Waals surface area contributed by atoms with Crippen LogP contribution in [-0.2, 0) is 9.59 Å². The van der Waals surface area contributed by atoms with Gasteiger partial charge in [0, 0.05) is 5.69 Å². The van der Waals surface area contributed by atoms with Crippen molar-refractivity contribution in [2.45, 2.75) is 6.17 Å². The fraction of sp³-hybridized carbons (Fsp3) is 0.143. The van der Waals surface area contributed by atoms with Gasteiger partial charge in [-0.3, -0.25) is 24.0 Å². The van der Waals surface area contributed by atoms with Crippen LogP contribution in [0.25, 0.3) is 0 Å². The Morgan fingerprint density at radius 2 is 1.92 bits per heavy atom. The van der Waals surface area contributed by atoms with Crippen LogP contribution >= 0.6 is 0 Å². The van der Waals surface area contributed by atoms with Gasteiger partial charge in [-0.25, -0.2) is 9.59 Å². The first kappa shape index (κ1) is 17.1. The fourth-order valence-corrected chi connectivity index (χ4v) is 2.10. The van der Waals surface area contributed by atoms with Crippen molar-refractivity contribution in [3.05, 3.63) is 63.2 Å². The van der Waals surface area contributed by atoms with Crippen molar-refractivity contribution in [1.29, 1.82) is 0 Å². The van der Waals surface area contributed by atoms with Gasteiger partial charge >= 0.3 is 11.7 Å².